The highest BCUT2D eigenvalue weighted by Gasteiger charge is 2.07. The summed E-state index contributed by atoms with van der Waals surface area (Å²) in [5.41, 5.74) is 5.66. The lowest BCUT2D eigenvalue weighted by atomic mass is 10.2. The number of halogens is 1. The van der Waals surface area contributed by atoms with Gasteiger partial charge in [0.25, 0.3) is 0 Å². The van der Waals surface area contributed by atoms with Crippen molar-refractivity contribution in [1.82, 2.24) is 15.1 Å². The number of nitrogens with zero attached hydrogens (tertiary/aromatic N) is 4. The lowest BCUT2D eigenvalue weighted by Crippen LogP contribution is -2.30. The van der Waals surface area contributed by atoms with Gasteiger partial charge in [0.15, 0.2) is 5.96 Å². The first kappa shape index (κ1) is 15.6. The normalized spacial score (nSPS) is 11.4. The van der Waals surface area contributed by atoms with Crippen LogP contribution in [0, 0.1) is 0 Å². The van der Waals surface area contributed by atoms with E-state index in [0.717, 1.165) is 10.0 Å². The van der Waals surface area contributed by atoms with Gasteiger partial charge in [-0.3, -0.25) is 0 Å². The molecule has 92 valence electrons. The average molecular weight is 355 g/mol. The van der Waals surface area contributed by atoms with E-state index in [1.165, 1.54) is 0 Å². The van der Waals surface area contributed by atoms with Gasteiger partial charge in [0, 0.05) is 20.0 Å². The fraction of sp³-hybridized carbons (Fsp3) is 0.667. The van der Waals surface area contributed by atoms with Gasteiger partial charge in [-0.25, -0.2) is 4.99 Å². The minimum absolute atomic E-state index is 0. The maximum absolute atomic E-state index is 5.66. The first-order chi connectivity index (χ1) is 7.00. The second kappa shape index (κ2) is 7.00. The highest BCUT2D eigenvalue weighted by Crippen LogP contribution is 2.19. The molecule has 0 fully saturated rings. The molecule has 16 heavy (non-hydrogen) atoms. The van der Waals surface area contributed by atoms with E-state index in [2.05, 4.69) is 29.0 Å². The summed E-state index contributed by atoms with van der Waals surface area (Å²) in [6, 6.07) is 0. The molecule has 1 heterocycles. The summed E-state index contributed by atoms with van der Waals surface area (Å²) in [6.07, 6.45) is 0. The first-order valence-corrected chi connectivity index (χ1v) is 5.62. The van der Waals surface area contributed by atoms with Gasteiger partial charge < -0.3 is 10.6 Å². The molecule has 0 aliphatic rings. The van der Waals surface area contributed by atoms with Crippen molar-refractivity contribution in [2.75, 3.05) is 14.1 Å². The van der Waals surface area contributed by atoms with E-state index >= 15 is 0 Å². The fourth-order valence-corrected chi connectivity index (χ4v) is 1.62. The van der Waals surface area contributed by atoms with E-state index in [9.17, 15) is 0 Å². The van der Waals surface area contributed by atoms with E-state index < -0.39 is 0 Å². The lowest BCUT2D eigenvalue weighted by Gasteiger charge is -2.09. The van der Waals surface area contributed by atoms with Crippen LogP contribution in [0.5, 0.6) is 0 Å². The molecule has 1 aromatic rings. The Bertz CT molecular complexity index is 347. The van der Waals surface area contributed by atoms with E-state index in [1.807, 2.05) is 14.1 Å². The average Bonchev–Trinajstić information content (AvgIpc) is 2.62. The zero-order chi connectivity index (χ0) is 11.4. The Morgan fingerprint density at radius 2 is 2.06 bits per heavy atom. The van der Waals surface area contributed by atoms with E-state index in [0.29, 0.717) is 18.4 Å². The van der Waals surface area contributed by atoms with Crippen LogP contribution in [0.15, 0.2) is 4.99 Å². The van der Waals surface area contributed by atoms with Gasteiger partial charge in [-0.15, -0.1) is 34.2 Å². The summed E-state index contributed by atoms with van der Waals surface area (Å²) >= 11 is 1.59. The van der Waals surface area contributed by atoms with Gasteiger partial charge in [0.1, 0.15) is 10.0 Å². The Kier molecular flexibility index (Phi) is 6.81. The molecule has 2 N–H and O–H groups in total. The second-order valence-corrected chi connectivity index (χ2v) is 4.85. The summed E-state index contributed by atoms with van der Waals surface area (Å²) in [4.78, 5) is 5.96. The van der Waals surface area contributed by atoms with Crippen molar-refractivity contribution in [3.63, 3.8) is 0 Å². The molecule has 0 bridgehead atoms. The number of rotatable bonds is 3. The largest absolute Gasteiger partial charge is 0.370 e. The highest BCUT2D eigenvalue weighted by molar-refractivity contribution is 14.0. The summed E-state index contributed by atoms with van der Waals surface area (Å²) in [6.45, 7) is 4.71. The van der Waals surface area contributed by atoms with Crippen LogP contribution in [0.3, 0.4) is 0 Å². The van der Waals surface area contributed by atoms with E-state index in [4.69, 9.17) is 5.73 Å². The standard InChI is InChI=1S/C9H17N5S.HI/c1-6(2)8-13-12-7(15-8)5-11-9(10)14(3)4;/h6H,5H2,1-4H3,(H2,10,11);1H. The van der Waals surface area contributed by atoms with Crippen LogP contribution in [0.2, 0.25) is 0 Å². The van der Waals surface area contributed by atoms with Gasteiger partial charge in [0.2, 0.25) is 0 Å². The molecule has 0 aliphatic carbocycles. The Morgan fingerprint density at radius 3 is 2.50 bits per heavy atom. The van der Waals surface area contributed by atoms with Crippen LogP contribution in [-0.2, 0) is 6.54 Å². The molecule has 0 saturated carbocycles. The number of hydrogen-bond donors (Lipinski definition) is 1. The van der Waals surface area contributed by atoms with Crippen molar-refractivity contribution < 1.29 is 0 Å². The van der Waals surface area contributed by atoms with Gasteiger partial charge >= 0.3 is 0 Å². The van der Waals surface area contributed by atoms with Gasteiger partial charge in [-0.2, -0.15) is 0 Å². The fourth-order valence-electron chi connectivity index (χ4n) is 0.854. The monoisotopic (exact) mass is 355 g/mol. The topological polar surface area (TPSA) is 67.4 Å². The predicted octanol–water partition coefficient (Wildman–Crippen LogP) is 1.66. The van der Waals surface area contributed by atoms with Crippen LogP contribution in [0.25, 0.3) is 0 Å². The smallest absolute Gasteiger partial charge is 0.191 e. The van der Waals surface area contributed by atoms with Crippen LogP contribution in [0.4, 0.5) is 0 Å². The van der Waals surface area contributed by atoms with Gasteiger partial charge in [-0.05, 0) is 0 Å². The van der Waals surface area contributed by atoms with E-state index in [-0.39, 0.29) is 24.0 Å². The zero-order valence-corrected chi connectivity index (χ0v) is 13.1. The molecule has 0 unspecified atom stereocenters. The summed E-state index contributed by atoms with van der Waals surface area (Å²) < 4.78 is 0. The molecular formula is C9H18IN5S. The minimum atomic E-state index is 0. The Balaban J connectivity index is 0.00000225. The SMILES string of the molecule is CC(C)c1nnc(CN=C(N)N(C)C)s1.I. The summed E-state index contributed by atoms with van der Waals surface area (Å²) in [5, 5.41) is 10.1. The molecule has 7 heteroatoms. The molecular weight excluding hydrogens is 337 g/mol. The Morgan fingerprint density at radius 1 is 1.44 bits per heavy atom. The molecule has 0 spiro atoms. The molecule has 0 amide bonds. The Hall–Kier alpha value is -0.440. The molecule has 0 atom stereocenters. The van der Waals surface area contributed by atoms with Crippen molar-refractivity contribution in [1.29, 1.82) is 0 Å². The molecule has 0 aromatic carbocycles. The number of hydrogen-bond acceptors (Lipinski definition) is 4. The number of nitrogens with two attached hydrogens (primary N) is 1. The molecule has 1 aromatic heterocycles. The quantitative estimate of drug-likeness (QED) is 0.509. The second-order valence-electron chi connectivity index (χ2n) is 3.76. The summed E-state index contributed by atoms with van der Waals surface area (Å²) in [5.74, 6) is 0.933. The Labute approximate surface area is 117 Å². The minimum Gasteiger partial charge on any atom is -0.370 e. The van der Waals surface area contributed by atoms with Crippen molar-refractivity contribution in [3.8, 4) is 0 Å². The third-order valence-electron chi connectivity index (χ3n) is 1.81. The first-order valence-electron chi connectivity index (χ1n) is 4.80. The van der Waals surface area contributed by atoms with Crippen molar-refractivity contribution in [2.45, 2.75) is 26.3 Å². The van der Waals surface area contributed by atoms with Crippen molar-refractivity contribution in [2.24, 2.45) is 10.7 Å². The highest BCUT2D eigenvalue weighted by atomic mass is 127. The molecule has 0 radical (unpaired) electrons. The van der Waals surface area contributed by atoms with Crippen LogP contribution >= 0.6 is 35.3 Å². The maximum Gasteiger partial charge on any atom is 0.191 e. The lowest BCUT2D eigenvalue weighted by molar-refractivity contribution is 0.609. The van der Waals surface area contributed by atoms with Crippen LogP contribution in [-0.4, -0.2) is 35.2 Å². The third kappa shape index (κ3) is 4.60. The van der Waals surface area contributed by atoms with Gasteiger partial charge in [-0.1, -0.05) is 25.2 Å². The molecule has 0 aliphatic heterocycles. The zero-order valence-electron chi connectivity index (χ0n) is 9.97. The molecule has 0 saturated heterocycles. The maximum atomic E-state index is 5.66. The number of guanidine groups is 1. The van der Waals surface area contributed by atoms with Crippen LogP contribution < -0.4 is 5.73 Å². The predicted molar refractivity (Wildman–Crippen MR) is 78.4 cm³/mol. The number of aliphatic imine (C=N–C) groups is 1. The third-order valence-corrected chi connectivity index (χ3v) is 3.02. The summed E-state index contributed by atoms with van der Waals surface area (Å²) in [7, 11) is 3.72. The van der Waals surface area contributed by atoms with Crippen molar-refractivity contribution in [3.05, 3.63) is 10.0 Å². The van der Waals surface area contributed by atoms with Crippen LogP contribution in [0.1, 0.15) is 29.8 Å². The van der Waals surface area contributed by atoms with E-state index in [1.54, 1.807) is 16.2 Å². The number of aromatic nitrogens is 2. The van der Waals surface area contributed by atoms with Crippen molar-refractivity contribution >= 4 is 41.3 Å². The molecule has 5 nitrogen and oxygen atoms in total. The molecule has 1 rings (SSSR count). The van der Waals surface area contributed by atoms with Gasteiger partial charge in [0.05, 0.1) is 6.54 Å².